The molecule has 0 saturated heterocycles. The minimum atomic E-state index is -1.06. The third-order valence-corrected chi connectivity index (χ3v) is 3.43. The Morgan fingerprint density at radius 3 is 2.60 bits per heavy atom. The maximum absolute atomic E-state index is 13.9. The summed E-state index contributed by atoms with van der Waals surface area (Å²) in [6.45, 7) is 0. The molecule has 2 N–H and O–H groups in total. The molecule has 0 saturated carbocycles. The second-order valence-corrected chi connectivity index (χ2v) is 5.24. The molecule has 104 valence electrons. The number of nitrogen functional groups attached to an aromatic ring is 1. The van der Waals surface area contributed by atoms with E-state index in [0.717, 1.165) is 15.7 Å². The van der Waals surface area contributed by atoms with Crippen molar-refractivity contribution in [2.75, 3.05) is 12.8 Å². The van der Waals surface area contributed by atoms with Gasteiger partial charge in [-0.1, -0.05) is 0 Å². The summed E-state index contributed by atoms with van der Waals surface area (Å²) in [5.74, 6) is -2.57. The molecule has 0 aliphatic carbocycles. The van der Waals surface area contributed by atoms with Crippen LogP contribution >= 0.6 is 22.6 Å². The molecule has 0 aliphatic rings. The first kappa shape index (κ1) is 14.7. The van der Waals surface area contributed by atoms with E-state index in [1.54, 1.807) is 12.1 Å². The first-order valence-electron chi connectivity index (χ1n) is 5.57. The number of carbonyl (C=O) groups excluding carboxylic acids is 1. The average Bonchev–Trinajstić information content (AvgIpc) is 2.43. The third-order valence-electron chi connectivity index (χ3n) is 2.75. The van der Waals surface area contributed by atoms with Crippen molar-refractivity contribution in [2.24, 2.45) is 0 Å². The van der Waals surface area contributed by atoms with Gasteiger partial charge in [-0.3, -0.25) is 4.79 Å². The molecule has 0 atom stereocenters. The Bertz CT molecular complexity index is 689. The van der Waals surface area contributed by atoms with Crippen LogP contribution in [0.25, 0.3) is 0 Å². The van der Waals surface area contributed by atoms with Gasteiger partial charge >= 0.3 is 0 Å². The third kappa shape index (κ3) is 2.60. The fourth-order valence-electron chi connectivity index (χ4n) is 1.77. The molecule has 6 heteroatoms. The van der Waals surface area contributed by atoms with Gasteiger partial charge in [0.15, 0.2) is 5.82 Å². The van der Waals surface area contributed by atoms with E-state index < -0.39 is 23.0 Å². The number of hydrogen-bond acceptors (Lipinski definition) is 3. The Kier molecular flexibility index (Phi) is 4.22. The van der Waals surface area contributed by atoms with Crippen LogP contribution in [-0.2, 0) is 0 Å². The molecule has 2 aromatic rings. The largest absolute Gasteiger partial charge is 0.496 e. The molecule has 0 bridgehead atoms. The van der Waals surface area contributed by atoms with E-state index in [4.69, 9.17) is 10.5 Å². The average molecular weight is 389 g/mol. The zero-order chi connectivity index (χ0) is 14.9. The van der Waals surface area contributed by atoms with Gasteiger partial charge in [-0.25, -0.2) is 8.78 Å². The Balaban J connectivity index is 2.63. The quantitative estimate of drug-likeness (QED) is 0.498. The van der Waals surface area contributed by atoms with E-state index >= 15 is 0 Å². The highest BCUT2D eigenvalue weighted by Crippen LogP contribution is 2.27. The fraction of sp³-hybridized carbons (Fsp3) is 0.0714. The minimum Gasteiger partial charge on any atom is -0.496 e. The highest BCUT2D eigenvalue weighted by molar-refractivity contribution is 14.1. The van der Waals surface area contributed by atoms with Gasteiger partial charge in [0.2, 0.25) is 5.78 Å². The number of hydrogen-bond donors (Lipinski definition) is 1. The number of nitrogens with two attached hydrogens (primary N) is 1. The summed E-state index contributed by atoms with van der Waals surface area (Å²) >= 11 is 2.00. The van der Waals surface area contributed by atoms with Crippen LogP contribution in [0, 0.1) is 15.2 Å². The fourth-order valence-corrected chi connectivity index (χ4v) is 2.26. The molecule has 2 rings (SSSR count). The Hall–Kier alpha value is -1.70. The highest BCUT2D eigenvalue weighted by atomic mass is 127. The van der Waals surface area contributed by atoms with Gasteiger partial charge in [-0.2, -0.15) is 0 Å². The first-order valence-corrected chi connectivity index (χ1v) is 6.65. The van der Waals surface area contributed by atoms with Crippen molar-refractivity contribution in [1.29, 1.82) is 0 Å². The number of anilines is 1. The molecule has 20 heavy (non-hydrogen) atoms. The normalized spacial score (nSPS) is 10.4. The monoisotopic (exact) mass is 389 g/mol. The second kappa shape index (κ2) is 5.74. The zero-order valence-electron chi connectivity index (χ0n) is 10.4. The summed E-state index contributed by atoms with van der Waals surface area (Å²) in [5, 5.41) is 0. The number of rotatable bonds is 3. The molecule has 0 fully saturated rings. The lowest BCUT2D eigenvalue weighted by atomic mass is 10.0. The standard InChI is InChI=1S/C14H10F2INO2/c1-20-11-5-2-7(17)6-8(11)14(19)12-9(15)3-4-10(18)13(12)16/h2-6H,18H2,1H3. The van der Waals surface area contributed by atoms with Crippen molar-refractivity contribution in [3.63, 3.8) is 0 Å². The van der Waals surface area contributed by atoms with Crippen LogP contribution in [0.2, 0.25) is 0 Å². The van der Waals surface area contributed by atoms with Crippen LogP contribution < -0.4 is 10.5 Å². The van der Waals surface area contributed by atoms with E-state index in [2.05, 4.69) is 0 Å². The van der Waals surface area contributed by atoms with E-state index in [1.165, 1.54) is 13.2 Å². The minimum absolute atomic E-state index is 0.0859. The Morgan fingerprint density at radius 1 is 1.25 bits per heavy atom. The van der Waals surface area contributed by atoms with E-state index in [-0.39, 0.29) is 17.0 Å². The van der Waals surface area contributed by atoms with Gasteiger partial charge in [0.1, 0.15) is 11.6 Å². The van der Waals surface area contributed by atoms with Crippen molar-refractivity contribution in [3.05, 3.63) is 56.7 Å². The maximum Gasteiger partial charge on any atom is 0.202 e. The van der Waals surface area contributed by atoms with E-state index in [0.29, 0.717) is 0 Å². The smallest absolute Gasteiger partial charge is 0.202 e. The summed E-state index contributed by atoms with van der Waals surface area (Å²) in [7, 11) is 1.38. The lowest BCUT2D eigenvalue weighted by Gasteiger charge is -2.10. The molecule has 0 aromatic heterocycles. The van der Waals surface area contributed by atoms with E-state index in [1.807, 2.05) is 22.6 Å². The molecule has 0 amide bonds. The van der Waals surface area contributed by atoms with Gasteiger partial charge in [-0.05, 0) is 52.9 Å². The van der Waals surface area contributed by atoms with Gasteiger partial charge in [0.25, 0.3) is 0 Å². The number of ketones is 1. The van der Waals surface area contributed by atoms with Crippen LogP contribution in [0.1, 0.15) is 15.9 Å². The maximum atomic E-state index is 13.9. The number of ether oxygens (including phenoxy) is 1. The van der Waals surface area contributed by atoms with Gasteiger partial charge in [0, 0.05) is 3.57 Å². The topological polar surface area (TPSA) is 52.3 Å². The summed E-state index contributed by atoms with van der Waals surface area (Å²) in [4.78, 5) is 12.4. The van der Waals surface area contributed by atoms with Crippen molar-refractivity contribution in [3.8, 4) is 5.75 Å². The molecule has 0 radical (unpaired) electrons. The van der Waals surface area contributed by atoms with Gasteiger partial charge in [-0.15, -0.1) is 0 Å². The van der Waals surface area contributed by atoms with Crippen LogP contribution in [0.15, 0.2) is 30.3 Å². The molecule has 0 unspecified atom stereocenters. The molecule has 2 aromatic carbocycles. The van der Waals surface area contributed by atoms with Crippen molar-refractivity contribution < 1.29 is 18.3 Å². The molecule has 0 aliphatic heterocycles. The number of halogens is 3. The predicted octanol–water partition coefficient (Wildman–Crippen LogP) is 3.39. The Morgan fingerprint density at radius 2 is 1.95 bits per heavy atom. The van der Waals surface area contributed by atoms with E-state index in [9.17, 15) is 13.6 Å². The van der Waals surface area contributed by atoms with Crippen LogP contribution in [0.3, 0.4) is 0 Å². The van der Waals surface area contributed by atoms with Crippen molar-refractivity contribution in [2.45, 2.75) is 0 Å². The lowest BCUT2D eigenvalue weighted by Crippen LogP contribution is -2.11. The van der Waals surface area contributed by atoms with Crippen molar-refractivity contribution >= 4 is 34.1 Å². The summed E-state index contributed by atoms with van der Waals surface area (Å²) in [6.07, 6.45) is 0. The number of carbonyl (C=O) groups is 1. The molecule has 0 spiro atoms. The van der Waals surface area contributed by atoms with Gasteiger partial charge < -0.3 is 10.5 Å². The first-order chi connectivity index (χ1) is 9.45. The second-order valence-electron chi connectivity index (χ2n) is 4.00. The van der Waals surface area contributed by atoms with Crippen LogP contribution in [0.4, 0.5) is 14.5 Å². The molecular weight excluding hydrogens is 379 g/mol. The van der Waals surface area contributed by atoms with Crippen molar-refractivity contribution in [1.82, 2.24) is 0 Å². The lowest BCUT2D eigenvalue weighted by molar-refractivity contribution is 0.102. The molecule has 0 heterocycles. The molecule has 3 nitrogen and oxygen atoms in total. The summed E-state index contributed by atoms with van der Waals surface area (Å²) in [6, 6.07) is 6.84. The summed E-state index contributed by atoms with van der Waals surface area (Å²) in [5.41, 5.74) is 4.51. The zero-order valence-corrected chi connectivity index (χ0v) is 12.6. The highest BCUT2D eigenvalue weighted by Gasteiger charge is 2.23. The Labute approximate surface area is 127 Å². The van der Waals surface area contributed by atoms with Crippen LogP contribution in [-0.4, -0.2) is 12.9 Å². The predicted molar refractivity (Wildman–Crippen MR) is 79.9 cm³/mol. The SMILES string of the molecule is COc1ccc(I)cc1C(=O)c1c(F)ccc(N)c1F. The summed E-state index contributed by atoms with van der Waals surface area (Å²) < 4.78 is 33.4. The number of benzene rings is 2. The molecular formula is C14H10F2INO2. The number of methoxy groups -OCH3 is 1. The van der Waals surface area contributed by atoms with Gasteiger partial charge in [0.05, 0.1) is 23.9 Å². The van der Waals surface area contributed by atoms with Crippen LogP contribution in [0.5, 0.6) is 5.75 Å².